The topological polar surface area (TPSA) is 89.2 Å². The highest BCUT2D eigenvalue weighted by molar-refractivity contribution is 5.74. The van der Waals surface area contributed by atoms with Gasteiger partial charge in [0.05, 0.1) is 12.1 Å². The predicted molar refractivity (Wildman–Crippen MR) is 105 cm³/mol. The molecule has 7 unspecified atom stereocenters. The summed E-state index contributed by atoms with van der Waals surface area (Å²) in [6.45, 7) is 3.94. The highest BCUT2D eigenvalue weighted by Crippen LogP contribution is 2.39. The van der Waals surface area contributed by atoms with Gasteiger partial charge in [0.25, 0.3) is 0 Å². The third-order valence-electron chi connectivity index (χ3n) is 6.25. The molecule has 11 heteroatoms. The van der Waals surface area contributed by atoms with E-state index in [9.17, 15) is 22.4 Å². The van der Waals surface area contributed by atoms with Gasteiger partial charge in [-0.05, 0) is 65.0 Å². The van der Waals surface area contributed by atoms with Crippen LogP contribution in [0.25, 0.3) is 0 Å². The van der Waals surface area contributed by atoms with Gasteiger partial charge in [-0.25, -0.2) is 9.18 Å². The third kappa shape index (κ3) is 6.93. The summed E-state index contributed by atoms with van der Waals surface area (Å²) in [7, 11) is 0. The molecule has 2 amide bonds. The number of carbonyl (C=O) groups excluding carboxylic acids is 1. The molecule has 1 aliphatic carbocycles. The minimum atomic E-state index is -4.59. The minimum Gasteiger partial charge on any atom is -0.335 e. The SMILES string of the molecule is CC1CC(NCCC2CCCN2)NC(NC(=O)NC2CCC(F)C(C(F)(F)F)C2)N1. The Bertz CT molecular complexity index is 560. The van der Waals surface area contributed by atoms with Crippen molar-refractivity contribution in [2.45, 2.75) is 94.8 Å². The first kappa shape index (κ1) is 23.5. The molecule has 0 aromatic carbocycles. The van der Waals surface area contributed by atoms with Crippen LogP contribution in [0.4, 0.5) is 22.4 Å². The van der Waals surface area contributed by atoms with Crippen LogP contribution in [-0.2, 0) is 0 Å². The van der Waals surface area contributed by atoms with Gasteiger partial charge in [0.15, 0.2) is 0 Å². The van der Waals surface area contributed by atoms with Gasteiger partial charge in [0.1, 0.15) is 12.5 Å². The summed E-state index contributed by atoms with van der Waals surface area (Å²) in [5.74, 6) is -2.02. The second-order valence-corrected chi connectivity index (χ2v) is 8.78. The van der Waals surface area contributed by atoms with Crippen LogP contribution < -0.4 is 31.9 Å². The molecule has 174 valence electrons. The molecule has 2 heterocycles. The van der Waals surface area contributed by atoms with Crippen LogP contribution in [0.2, 0.25) is 0 Å². The highest BCUT2D eigenvalue weighted by Gasteiger charge is 2.48. The number of alkyl halides is 4. The van der Waals surface area contributed by atoms with Crippen LogP contribution in [0.5, 0.6) is 0 Å². The van der Waals surface area contributed by atoms with Crippen molar-refractivity contribution in [2.24, 2.45) is 5.92 Å². The van der Waals surface area contributed by atoms with Gasteiger partial charge in [-0.3, -0.25) is 10.6 Å². The molecule has 3 fully saturated rings. The number of rotatable bonds is 6. The number of nitrogens with one attached hydrogen (secondary N) is 6. The molecule has 0 radical (unpaired) electrons. The number of hydrogen-bond donors (Lipinski definition) is 6. The minimum absolute atomic E-state index is 0.0181. The lowest BCUT2D eigenvalue weighted by atomic mass is 9.84. The van der Waals surface area contributed by atoms with Gasteiger partial charge in [-0.15, -0.1) is 0 Å². The van der Waals surface area contributed by atoms with Crippen LogP contribution in [0.1, 0.15) is 51.9 Å². The van der Waals surface area contributed by atoms with Crippen molar-refractivity contribution in [1.29, 1.82) is 0 Å². The van der Waals surface area contributed by atoms with E-state index in [4.69, 9.17) is 0 Å². The smallest absolute Gasteiger partial charge is 0.335 e. The van der Waals surface area contributed by atoms with E-state index in [2.05, 4.69) is 31.9 Å². The lowest BCUT2D eigenvalue weighted by molar-refractivity contribution is -0.199. The van der Waals surface area contributed by atoms with Crippen LogP contribution in [0.3, 0.4) is 0 Å². The lowest BCUT2D eigenvalue weighted by Crippen LogP contribution is -2.68. The standard InChI is InChI=1S/C19H34F4N6O/c1-11-9-16(25-8-6-12-3-2-7-24-12)28-17(26-11)29-18(30)27-13-4-5-15(20)14(10-13)19(21,22)23/h11-17,24-26,28H,2-10H2,1H3,(H2,27,29,30). The first-order valence-corrected chi connectivity index (χ1v) is 11.0. The van der Waals surface area contributed by atoms with Gasteiger partial charge in [-0.1, -0.05) is 0 Å². The largest absolute Gasteiger partial charge is 0.394 e. The Kier molecular flexibility index (Phi) is 8.17. The van der Waals surface area contributed by atoms with Gasteiger partial charge in [0.2, 0.25) is 0 Å². The molecule has 0 aromatic heterocycles. The van der Waals surface area contributed by atoms with E-state index in [1.165, 1.54) is 12.8 Å². The summed E-state index contributed by atoms with van der Waals surface area (Å²) >= 11 is 0. The molecule has 6 N–H and O–H groups in total. The van der Waals surface area contributed by atoms with Crippen molar-refractivity contribution in [3.63, 3.8) is 0 Å². The molecule has 0 bridgehead atoms. The van der Waals surface area contributed by atoms with Crippen LogP contribution >= 0.6 is 0 Å². The number of urea groups is 1. The monoisotopic (exact) mass is 438 g/mol. The molecule has 0 spiro atoms. The predicted octanol–water partition coefficient (Wildman–Crippen LogP) is 1.67. The second-order valence-electron chi connectivity index (χ2n) is 8.78. The van der Waals surface area contributed by atoms with E-state index < -0.39 is 43.0 Å². The Hall–Kier alpha value is -1.17. The first-order valence-electron chi connectivity index (χ1n) is 11.0. The average molecular weight is 439 g/mol. The van der Waals surface area contributed by atoms with Crippen molar-refractivity contribution in [1.82, 2.24) is 31.9 Å². The number of halogens is 4. The fraction of sp³-hybridized carbons (Fsp3) is 0.947. The van der Waals surface area contributed by atoms with Crippen LogP contribution in [0.15, 0.2) is 0 Å². The number of hydrogen-bond acceptors (Lipinski definition) is 5. The first-order chi connectivity index (χ1) is 14.2. The summed E-state index contributed by atoms with van der Waals surface area (Å²) in [4.78, 5) is 12.3. The number of amides is 2. The third-order valence-corrected chi connectivity index (χ3v) is 6.25. The normalized spacial score (nSPS) is 37.7. The van der Waals surface area contributed by atoms with Crippen molar-refractivity contribution in [2.75, 3.05) is 13.1 Å². The second kappa shape index (κ2) is 10.4. The van der Waals surface area contributed by atoms with E-state index in [0.29, 0.717) is 6.04 Å². The average Bonchev–Trinajstić information content (AvgIpc) is 3.15. The van der Waals surface area contributed by atoms with E-state index in [-0.39, 0.29) is 25.0 Å². The van der Waals surface area contributed by atoms with Crippen molar-refractivity contribution in [3.8, 4) is 0 Å². The van der Waals surface area contributed by atoms with Crippen molar-refractivity contribution >= 4 is 6.03 Å². The molecular formula is C19H34F4N6O. The molecule has 7 nitrogen and oxygen atoms in total. The van der Waals surface area contributed by atoms with Crippen LogP contribution in [-0.4, -0.2) is 62.0 Å². The van der Waals surface area contributed by atoms with Gasteiger partial charge < -0.3 is 21.3 Å². The van der Waals surface area contributed by atoms with Crippen molar-refractivity contribution < 1.29 is 22.4 Å². The highest BCUT2D eigenvalue weighted by atomic mass is 19.4. The van der Waals surface area contributed by atoms with Crippen molar-refractivity contribution in [3.05, 3.63) is 0 Å². The van der Waals surface area contributed by atoms with E-state index in [1.54, 1.807) is 0 Å². The molecule has 1 saturated carbocycles. The Balaban J connectivity index is 1.41. The molecular weight excluding hydrogens is 404 g/mol. The fourth-order valence-electron chi connectivity index (χ4n) is 4.65. The summed E-state index contributed by atoms with van der Waals surface area (Å²) in [6.07, 6.45) is -3.13. The Labute approximate surface area is 174 Å². The van der Waals surface area contributed by atoms with Gasteiger partial charge >= 0.3 is 12.2 Å². The van der Waals surface area contributed by atoms with E-state index in [0.717, 1.165) is 25.9 Å². The quantitative estimate of drug-likeness (QED) is 0.355. The molecule has 3 aliphatic rings. The zero-order valence-electron chi connectivity index (χ0n) is 17.3. The maximum absolute atomic E-state index is 13.6. The zero-order chi connectivity index (χ0) is 21.7. The van der Waals surface area contributed by atoms with E-state index >= 15 is 0 Å². The van der Waals surface area contributed by atoms with Gasteiger partial charge in [0, 0.05) is 18.1 Å². The summed E-state index contributed by atoms with van der Waals surface area (Å²) in [6, 6.07) is -0.560. The fourth-order valence-corrected chi connectivity index (χ4v) is 4.65. The summed E-state index contributed by atoms with van der Waals surface area (Å²) in [5.41, 5.74) is 0. The van der Waals surface area contributed by atoms with E-state index in [1.807, 2.05) is 6.92 Å². The van der Waals surface area contributed by atoms with Crippen LogP contribution in [0, 0.1) is 5.92 Å². The zero-order valence-corrected chi connectivity index (χ0v) is 17.3. The summed E-state index contributed by atoms with van der Waals surface area (Å²) in [5, 5.41) is 18.7. The Morgan fingerprint density at radius 1 is 1.10 bits per heavy atom. The molecule has 2 aliphatic heterocycles. The molecule has 7 atom stereocenters. The molecule has 0 aromatic rings. The maximum Gasteiger partial charge on any atom is 0.394 e. The molecule has 30 heavy (non-hydrogen) atoms. The van der Waals surface area contributed by atoms with Gasteiger partial charge in [-0.2, -0.15) is 13.2 Å². The number of carbonyl (C=O) groups is 1. The summed E-state index contributed by atoms with van der Waals surface area (Å²) < 4.78 is 52.5. The lowest BCUT2D eigenvalue weighted by Gasteiger charge is -2.38. The Morgan fingerprint density at radius 3 is 2.60 bits per heavy atom. The molecule has 2 saturated heterocycles. The molecule has 3 rings (SSSR count). The maximum atomic E-state index is 13.6. The Morgan fingerprint density at radius 2 is 1.90 bits per heavy atom.